The van der Waals surface area contributed by atoms with E-state index in [4.69, 9.17) is 0 Å². The van der Waals surface area contributed by atoms with Crippen LogP contribution in [0.2, 0.25) is 0 Å². The highest BCUT2D eigenvalue weighted by Gasteiger charge is 2.29. The Labute approximate surface area is 106 Å². The van der Waals surface area contributed by atoms with Gasteiger partial charge in [0, 0.05) is 10.2 Å². The van der Waals surface area contributed by atoms with Crippen LogP contribution in [0.15, 0.2) is 23.1 Å². The van der Waals surface area contributed by atoms with Crippen molar-refractivity contribution >= 4 is 27.7 Å². The maximum Gasteiger partial charge on any atom is 0.446 e. The second-order valence-electron chi connectivity index (χ2n) is 3.43. The van der Waals surface area contributed by atoms with Crippen molar-refractivity contribution in [2.45, 2.75) is 30.2 Å². The highest BCUT2D eigenvalue weighted by Crippen LogP contribution is 2.37. The van der Waals surface area contributed by atoms with E-state index in [1.807, 2.05) is 6.92 Å². The Morgan fingerprint density at radius 3 is 2.50 bits per heavy atom. The maximum atomic E-state index is 12.1. The van der Waals surface area contributed by atoms with Crippen LogP contribution >= 0.6 is 27.7 Å². The van der Waals surface area contributed by atoms with Crippen LogP contribution in [0.4, 0.5) is 13.2 Å². The van der Waals surface area contributed by atoms with Crippen molar-refractivity contribution in [3.63, 3.8) is 0 Å². The normalized spacial score (nSPS) is 11.8. The summed E-state index contributed by atoms with van der Waals surface area (Å²) >= 11 is 3.27. The Morgan fingerprint density at radius 1 is 1.31 bits per heavy atom. The first-order valence-corrected chi connectivity index (χ1v) is 6.77. The number of thioether (sulfide) groups is 1. The molecule has 0 radical (unpaired) electrons. The van der Waals surface area contributed by atoms with Gasteiger partial charge in [-0.15, -0.1) is 0 Å². The van der Waals surface area contributed by atoms with Gasteiger partial charge in [0.1, 0.15) is 0 Å². The molecule has 5 heteroatoms. The van der Waals surface area contributed by atoms with Gasteiger partial charge >= 0.3 is 5.51 Å². The van der Waals surface area contributed by atoms with Gasteiger partial charge in [-0.3, -0.25) is 0 Å². The van der Waals surface area contributed by atoms with Crippen LogP contribution in [-0.4, -0.2) is 10.8 Å². The summed E-state index contributed by atoms with van der Waals surface area (Å²) in [7, 11) is 0. The van der Waals surface area contributed by atoms with Crippen LogP contribution in [0.5, 0.6) is 0 Å². The molecule has 0 aliphatic carbocycles. The van der Waals surface area contributed by atoms with E-state index in [-0.39, 0.29) is 16.7 Å². The molecule has 0 aliphatic rings. The molecule has 16 heavy (non-hydrogen) atoms. The van der Waals surface area contributed by atoms with Crippen LogP contribution in [0.1, 0.15) is 17.5 Å². The van der Waals surface area contributed by atoms with E-state index < -0.39 is 5.51 Å². The van der Waals surface area contributed by atoms with Crippen molar-refractivity contribution < 1.29 is 13.2 Å². The average Bonchev–Trinajstić information content (AvgIpc) is 2.14. The van der Waals surface area contributed by atoms with Gasteiger partial charge in [0.05, 0.1) is 0 Å². The van der Waals surface area contributed by atoms with Crippen molar-refractivity contribution in [2.75, 3.05) is 5.33 Å². The van der Waals surface area contributed by atoms with Gasteiger partial charge in [-0.05, 0) is 54.8 Å². The number of alkyl halides is 4. The van der Waals surface area contributed by atoms with Crippen LogP contribution in [0, 0.1) is 6.92 Å². The molecule has 1 aromatic carbocycles. The first-order chi connectivity index (χ1) is 7.42. The lowest BCUT2D eigenvalue weighted by molar-refractivity contribution is -0.0328. The molecule has 0 unspecified atom stereocenters. The summed E-state index contributed by atoms with van der Waals surface area (Å²) in [6.45, 7) is 1.85. The zero-order valence-corrected chi connectivity index (χ0v) is 11.2. The lowest BCUT2D eigenvalue weighted by atomic mass is 10.0. The first-order valence-electron chi connectivity index (χ1n) is 4.83. The average molecular weight is 313 g/mol. The molecular formula is C11H12BrF3S. The molecular weight excluding hydrogens is 301 g/mol. The van der Waals surface area contributed by atoms with Gasteiger partial charge in [0.2, 0.25) is 0 Å². The van der Waals surface area contributed by atoms with Gasteiger partial charge in [0.15, 0.2) is 0 Å². The minimum atomic E-state index is -4.20. The van der Waals surface area contributed by atoms with E-state index in [0.29, 0.717) is 0 Å². The number of hydrogen-bond acceptors (Lipinski definition) is 1. The number of halogens is 4. The molecule has 0 bridgehead atoms. The summed E-state index contributed by atoms with van der Waals surface area (Å²) in [6, 6.07) is 4.92. The van der Waals surface area contributed by atoms with Crippen LogP contribution < -0.4 is 0 Å². The van der Waals surface area contributed by atoms with Gasteiger partial charge in [-0.2, -0.15) is 13.2 Å². The Morgan fingerprint density at radius 2 is 2.00 bits per heavy atom. The highest BCUT2D eigenvalue weighted by atomic mass is 79.9. The van der Waals surface area contributed by atoms with Crippen molar-refractivity contribution in [2.24, 2.45) is 0 Å². The predicted octanol–water partition coefficient (Wildman–Crippen LogP) is 4.93. The Bertz CT molecular complexity index is 350. The van der Waals surface area contributed by atoms with Crippen molar-refractivity contribution in [1.82, 2.24) is 0 Å². The van der Waals surface area contributed by atoms with Gasteiger partial charge < -0.3 is 0 Å². The summed E-state index contributed by atoms with van der Waals surface area (Å²) < 4.78 is 36.4. The van der Waals surface area contributed by atoms with Crippen LogP contribution in [0.3, 0.4) is 0 Å². The minimum absolute atomic E-state index is 0.0618. The fourth-order valence-corrected chi connectivity index (χ4v) is 2.32. The van der Waals surface area contributed by atoms with Gasteiger partial charge in [-0.25, -0.2) is 0 Å². The Balaban J connectivity index is 2.74. The van der Waals surface area contributed by atoms with E-state index in [9.17, 15) is 13.2 Å². The molecule has 0 nitrogen and oxygen atoms in total. The zero-order valence-electron chi connectivity index (χ0n) is 8.77. The molecule has 0 aromatic heterocycles. The smallest absolute Gasteiger partial charge is 0.160 e. The lowest BCUT2D eigenvalue weighted by Gasteiger charge is -2.09. The third kappa shape index (κ3) is 4.78. The van der Waals surface area contributed by atoms with E-state index in [1.165, 1.54) is 6.07 Å². The molecule has 90 valence electrons. The molecule has 0 N–H and O–H groups in total. The molecule has 0 heterocycles. The highest BCUT2D eigenvalue weighted by molar-refractivity contribution is 9.09. The van der Waals surface area contributed by atoms with Crippen molar-refractivity contribution in [1.29, 1.82) is 0 Å². The summed E-state index contributed by atoms with van der Waals surface area (Å²) in [5.74, 6) is 0. The number of aryl methyl sites for hydroxylation is 2. The topological polar surface area (TPSA) is 0 Å². The van der Waals surface area contributed by atoms with Gasteiger partial charge in [0.25, 0.3) is 0 Å². The third-order valence-corrected chi connectivity index (χ3v) is 3.41. The maximum absolute atomic E-state index is 12.1. The van der Waals surface area contributed by atoms with Crippen LogP contribution in [-0.2, 0) is 6.42 Å². The fraction of sp³-hybridized carbons (Fsp3) is 0.455. The summed E-state index contributed by atoms with van der Waals surface area (Å²) in [5, 5.41) is 0.908. The Hall–Kier alpha value is -0.160. The molecule has 0 saturated carbocycles. The first kappa shape index (κ1) is 13.9. The van der Waals surface area contributed by atoms with Crippen molar-refractivity contribution in [3.8, 4) is 0 Å². The Kier molecular flexibility index (Phi) is 5.18. The molecule has 1 aromatic rings. The van der Waals surface area contributed by atoms with Crippen molar-refractivity contribution in [3.05, 3.63) is 29.3 Å². The quantitative estimate of drug-likeness (QED) is 0.561. The number of hydrogen-bond donors (Lipinski definition) is 0. The SMILES string of the molecule is Cc1cc(SC(F)(F)F)ccc1CCCBr. The molecule has 0 atom stereocenters. The molecule has 0 fully saturated rings. The third-order valence-electron chi connectivity index (χ3n) is 2.13. The van der Waals surface area contributed by atoms with Crippen LogP contribution in [0.25, 0.3) is 0 Å². The van der Waals surface area contributed by atoms with E-state index in [1.54, 1.807) is 12.1 Å². The number of rotatable bonds is 4. The summed E-state index contributed by atoms with van der Waals surface area (Å²) in [6.07, 6.45) is 1.89. The lowest BCUT2D eigenvalue weighted by Crippen LogP contribution is -1.99. The standard InChI is InChI=1S/C11H12BrF3S/c1-8-7-10(16-11(13,14)15)5-4-9(8)3-2-6-12/h4-5,7H,2-3,6H2,1H3. The second-order valence-corrected chi connectivity index (χ2v) is 5.36. The molecule has 0 saturated heterocycles. The predicted molar refractivity (Wildman–Crippen MR) is 65.2 cm³/mol. The molecule has 0 aliphatic heterocycles. The van der Waals surface area contributed by atoms with E-state index in [0.717, 1.165) is 29.3 Å². The largest absolute Gasteiger partial charge is 0.446 e. The molecule has 1 rings (SSSR count). The number of benzene rings is 1. The zero-order chi connectivity index (χ0) is 12.2. The molecule has 0 amide bonds. The summed E-state index contributed by atoms with van der Waals surface area (Å²) in [4.78, 5) is 0.257. The summed E-state index contributed by atoms with van der Waals surface area (Å²) in [5.41, 5.74) is -2.16. The van der Waals surface area contributed by atoms with E-state index in [2.05, 4.69) is 15.9 Å². The minimum Gasteiger partial charge on any atom is -0.160 e. The van der Waals surface area contributed by atoms with E-state index >= 15 is 0 Å². The molecule has 0 spiro atoms. The van der Waals surface area contributed by atoms with Gasteiger partial charge in [-0.1, -0.05) is 22.0 Å². The monoisotopic (exact) mass is 312 g/mol. The second kappa shape index (κ2) is 5.96. The fourth-order valence-electron chi connectivity index (χ4n) is 1.40.